The molecular weight excluding hydrogens is 144 g/mol. The molecule has 0 aromatic carbocycles. The van der Waals surface area contributed by atoms with Crippen molar-refractivity contribution in [2.75, 3.05) is 0 Å². The van der Waals surface area contributed by atoms with Crippen LogP contribution in [0.25, 0.3) is 0 Å². The summed E-state index contributed by atoms with van der Waals surface area (Å²) >= 11 is 0. The van der Waals surface area contributed by atoms with E-state index in [0.717, 1.165) is 0 Å². The van der Waals surface area contributed by atoms with Crippen molar-refractivity contribution in [1.82, 2.24) is 0 Å². The van der Waals surface area contributed by atoms with Crippen molar-refractivity contribution >= 4 is 0 Å². The summed E-state index contributed by atoms with van der Waals surface area (Å²) in [5.41, 5.74) is 0. The molecule has 0 bridgehead atoms. The summed E-state index contributed by atoms with van der Waals surface area (Å²) in [5, 5.41) is 0. The molecule has 0 heterocycles. The van der Waals surface area contributed by atoms with Crippen molar-refractivity contribution < 1.29 is 0 Å². The summed E-state index contributed by atoms with van der Waals surface area (Å²) in [7, 11) is 0. The SMILES string of the molecule is C=CC1C=CC=CC1C=C.CC. The molecule has 0 fully saturated rings. The zero-order valence-corrected chi connectivity index (χ0v) is 8.03. The Morgan fingerprint density at radius 2 is 1.25 bits per heavy atom. The fourth-order valence-electron chi connectivity index (χ4n) is 1.11. The molecule has 0 aromatic heterocycles. The predicted molar refractivity (Wildman–Crippen MR) is 57.0 cm³/mol. The van der Waals surface area contributed by atoms with Crippen molar-refractivity contribution in [3.05, 3.63) is 49.6 Å². The zero-order chi connectivity index (χ0) is 9.40. The summed E-state index contributed by atoms with van der Waals surface area (Å²) in [4.78, 5) is 0. The molecule has 2 atom stereocenters. The van der Waals surface area contributed by atoms with Gasteiger partial charge in [-0.2, -0.15) is 0 Å². The van der Waals surface area contributed by atoms with Crippen LogP contribution in [-0.4, -0.2) is 0 Å². The molecule has 0 nitrogen and oxygen atoms in total. The Balaban J connectivity index is 0.000000561. The highest BCUT2D eigenvalue weighted by Gasteiger charge is 2.10. The van der Waals surface area contributed by atoms with Crippen molar-refractivity contribution in [2.24, 2.45) is 11.8 Å². The van der Waals surface area contributed by atoms with Gasteiger partial charge in [-0.15, -0.1) is 13.2 Å². The first kappa shape index (κ1) is 11.0. The lowest BCUT2D eigenvalue weighted by molar-refractivity contribution is 0.670. The minimum absolute atomic E-state index is 0.447. The van der Waals surface area contributed by atoms with Gasteiger partial charge >= 0.3 is 0 Å². The number of rotatable bonds is 2. The van der Waals surface area contributed by atoms with E-state index < -0.39 is 0 Å². The first-order chi connectivity index (χ1) is 5.88. The second kappa shape index (κ2) is 6.66. The van der Waals surface area contributed by atoms with Crippen molar-refractivity contribution in [3.8, 4) is 0 Å². The van der Waals surface area contributed by atoms with Gasteiger partial charge in [0, 0.05) is 11.8 Å². The molecule has 0 aliphatic heterocycles. The van der Waals surface area contributed by atoms with Gasteiger partial charge in [0.15, 0.2) is 0 Å². The molecule has 0 saturated carbocycles. The number of hydrogen-bond acceptors (Lipinski definition) is 0. The topological polar surface area (TPSA) is 0 Å². The average Bonchev–Trinajstić information content (AvgIpc) is 2.20. The molecule has 0 N–H and O–H groups in total. The number of hydrogen-bond donors (Lipinski definition) is 0. The fourth-order valence-corrected chi connectivity index (χ4v) is 1.11. The lowest BCUT2D eigenvalue weighted by atomic mass is 9.89. The molecule has 12 heavy (non-hydrogen) atoms. The summed E-state index contributed by atoms with van der Waals surface area (Å²) < 4.78 is 0. The van der Waals surface area contributed by atoms with Gasteiger partial charge in [-0.3, -0.25) is 0 Å². The van der Waals surface area contributed by atoms with E-state index in [1.807, 2.05) is 38.2 Å². The summed E-state index contributed by atoms with van der Waals surface area (Å²) in [5.74, 6) is 0.894. The summed E-state index contributed by atoms with van der Waals surface area (Å²) in [6, 6.07) is 0. The highest BCUT2D eigenvalue weighted by Crippen LogP contribution is 2.20. The van der Waals surface area contributed by atoms with Crippen molar-refractivity contribution in [1.29, 1.82) is 0 Å². The molecular formula is C12H18. The lowest BCUT2D eigenvalue weighted by Crippen LogP contribution is -2.06. The molecule has 1 aliphatic carbocycles. The van der Waals surface area contributed by atoms with Crippen molar-refractivity contribution in [3.63, 3.8) is 0 Å². The maximum Gasteiger partial charge on any atom is 0.00446 e. The van der Waals surface area contributed by atoms with E-state index in [1.165, 1.54) is 0 Å². The van der Waals surface area contributed by atoms with Crippen LogP contribution in [0.2, 0.25) is 0 Å². The normalized spacial score (nSPS) is 25.5. The molecule has 0 saturated heterocycles. The Bertz CT molecular complexity index is 162. The Kier molecular flexibility index (Phi) is 6.08. The molecule has 2 unspecified atom stereocenters. The average molecular weight is 162 g/mol. The second-order valence-electron chi connectivity index (χ2n) is 2.40. The minimum Gasteiger partial charge on any atom is -0.102 e. The van der Waals surface area contributed by atoms with Gasteiger partial charge in [0.25, 0.3) is 0 Å². The predicted octanol–water partition coefficient (Wildman–Crippen LogP) is 3.74. The molecule has 1 rings (SSSR count). The molecule has 0 radical (unpaired) electrons. The minimum atomic E-state index is 0.447. The van der Waals surface area contributed by atoms with Crippen LogP contribution in [0.4, 0.5) is 0 Å². The lowest BCUT2D eigenvalue weighted by Gasteiger charge is -2.16. The Morgan fingerprint density at radius 3 is 1.50 bits per heavy atom. The first-order valence-corrected chi connectivity index (χ1v) is 4.48. The highest BCUT2D eigenvalue weighted by molar-refractivity contribution is 5.20. The van der Waals surface area contributed by atoms with Gasteiger partial charge in [0.1, 0.15) is 0 Å². The molecule has 0 spiro atoms. The quantitative estimate of drug-likeness (QED) is 0.542. The Morgan fingerprint density at radius 1 is 0.917 bits per heavy atom. The van der Waals surface area contributed by atoms with E-state index in [0.29, 0.717) is 11.8 Å². The van der Waals surface area contributed by atoms with Gasteiger partial charge in [0.2, 0.25) is 0 Å². The highest BCUT2D eigenvalue weighted by atomic mass is 14.1. The summed E-state index contributed by atoms with van der Waals surface area (Å²) in [6.07, 6.45) is 12.3. The van der Waals surface area contributed by atoms with Crippen LogP contribution in [0.3, 0.4) is 0 Å². The molecule has 0 amide bonds. The fraction of sp³-hybridized carbons (Fsp3) is 0.333. The van der Waals surface area contributed by atoms with Crippen LogP contribution >= 0.6 is 0 Å². The smallest absolute Gasteiger partial charge is 0.00446 e. The standard InChI is InChI=1S/C10H12.C2H6/c1-3-9-7-5-6-8-10(9)4-2;1-2/h3-10H,1-2H2;1-2H3. The second-order valence-corrected chi connectivity index (χ2v) is 2.40. The Hall–Kier alpha value is -1.04. The van der Waals surface area contributed by atoms with Gasteiger partial charge in [0.05, 0.1) is 0 Å². The summed E-state index contributed by atoms with van der Waals surface area (Å²) in [6.45, 7) is 11.5. The molecule has 0 heteroatoms. The molecule has 1 aliphatic rings. The van der Waals surface area contributed by atoms with E-state index in [2.05, 4.69) is 25.3 Å². The maximum absolute atomic E-state index is 3.75. The molecule has 66 valence electrons. The third-order valence-corrected chi connectivity index (χ3v) is 1.77. The van der Waals surface area contributed by atoms with E-state index in [9.17, 15) is 0 Å². The number of allylic oxidation sites excluding steroid dienone is 6. The third kappa shape index (κ3) is 2.91. The van der Waals surface area contributed by atoms with Gasteiger partial charge in [-0.25, -0.2) is 0 Å². The maximum atomic E-state index is 3.75. The van der Waals surface area contributed by atoms with E-state index >= 15 is 0 Å². The molecule has 0 aromatic rings. The van der Waals surface area contributed by atoms with Crippen LogP contribution in [0.1, 0.15) is 13.8 Å². The van der Waals surface area contributed by atoms with Crippen molar-refractivity contribution in [2.45, 2.75) is 13.8 Å². The van der Waals surface area contributed by atoms with Gasteiger partial charge < -0.3 is 0 Å². The first-order valence-electron chi connectivity index (χ1n) is 4.48. The van der Waals surface area contributed by atoms with Crippen LogP contribution in [-0.2, 0) is 0 Å². The Labute approximate surface area is 76.0 Å². The largest absolute Gasteiger partial charge is 0.102 e. The van der Waals surface area contributed by atoms with Crippen LogP contribution in [0.5, 0.6) is 0 Å². The van der Waals surface area contributed by atoms with E-state index in [-0.39, 0.29) is 0 Å². The monoisotopic (exact) mass is 162 g/mol. The van der Waals surface area contributed by atoms with Gasteiger partial charge in [-0.05, 0) is 0 Å². The zero-order valence-electron chi connectivity index (χ0n) is 8.03. The third-order valence-electron chi connectivity index (χ3n) is 1.77. The van der Waals surface area contributed by atoms with Crippen LogP contribution in [0.15, 0.2) is 49.6 Å². The van der Waals surface area contributed by atoms with Gasteiger partial charge in [-0.1, -0.05) is 50.3 Å². The van der Waals surface area contributed by atoms with Crippen LogP contribution < -0.4 is 0 Å². The van der Waals surface area contributed by atoms with E-state index in [4.69, 9.17) is 0 Å². The van der Waals surface area contributed by atoms with E-state index in [1.54, 1.807) is 0 Å². The van der Waals surface area contributed by atoms with Crippen LogP contribution in [0, 0.1) is 11.8 Å².